The largest absolute Gasteiger partial charge is 0.462 e. The van der Waals surface area contributed by atoms with Crippen LogP contribution in [0.4, 0.5) is 5.00 Å². The summed E-state index contributed by atoms with van der Waals surface area (Å²) in [4.78, 5) is 26.6. The number of thioether (sulfide) groups is 1. The first-order valence-corrected chi connectivity index (χ1v) is 11.7. The topological polar surface area (TPSA) is 99.0 Å². The molecule has 1 N–H and O–H groups in total. The highest BCUT2D eigenvalue weighted by Crippen LogP contribution is 2.38. The summed E-state index contributed by atoms with van der Waals surface area (Å²) in [6, 6.07) is 7.01. The molecule has 1 aliphatic carbocycles. The van der Waals surface area contributed by atoms with E-state index in [1.807, 2.05) is 6.26 Å². The van der Waals surface area contributed by atoms with Gasteiger partial charge in [-0.25, -0.2) is 4.79 Å². The number of aromatic nitrogens is 4. The van der Waals surface area contributed by atoms with Crippen molar-refractivity contribution in [2.24, 2.45) is 0 Å². The second-order valence-electron chi connectivity index (χ2n) is 6.71. The summed E-state index contributed by atoms with van der Waals surface area (Å²) in [5, 5.41) is 15.7. The number of thiophene rings is 1. The Morgan fingerprint density at radius 3 is 2.73 bits per heavy atom. The molecule has 0 aliphatic heterocycles. The molecule has 8 nitrogen and oxygen atoms in total. The molecular weight excluding hydrogens is 422 g/mol. The van der Waals surface area contributed by atoms with Crippen molar-refractivity contribution in [1.82, 2.24) is 20.2 Å². The molecule has 3 aromatic rings. The summed E-state index contributed by atoms with van der Waals surface area (Å²) in [5.74, 6) is -0.640. The number of ether oxygens (including phenoxy) is 1. The van der Waals surface area contributed by atoms with Crippen LogP contribution in [0.5, 0.6) is 0 Å². The average Bonchev–Trinajstić information content (AvgIpc) is 3.38. The monoisotopic (exact) mass is 443 g/mol. The summed E-state index contributed by atoms with van der Waals surface area (Å²) in [7, 11) is 0. The first kappa shape index (κ1) is 20.5. The van der Waals surface area contributed by atoms with Crippen LogP contribution in [0.15, 0.2) is 29.4 Å². The SMILES string of the molecule is CCOC(=O)c1c(NC(=O)c2ccc(-n3nnnc3SC)cc2)sc2c1CCCC2. The lowest BCUT2D eigenvalue weighted by atomic mass is 9.95. The molecule has 2 heterocycles. The van der Waals surface area contributed by atoms with Crippen LogP contribution in [-0.4, -0.2) is 44.9 Å². The van der Waals surface area contributed by atoms with Gasteiger partial charge in [-0.05, 0) is 79.1 Å². The van der Waals surface area contributed by atoms with Gasteiger partial charge in [-0.3, -0.25) is 4.79 Å². The van der Waals surface area contributed by atoms with Crippen LogP contribution in [0.2, 0.25) is 0 Å². The van der Waals surface area contributed by atoms with Gasteiger partial charge in [0.15, 0.2) is 0 Å². The standard InChI is InChI=1S/C20H21N5O3S2/c1-3-28-19(27)16-14-6-4-5-7-15(14)30-18(16)21-17(26)12-8-10-13(11-9-12)25-20(29-2)22-23-24-25/h8-11H,3-7H2,1-2H3,(H,21,26). The lowest BCUT2D eigenvalue weighted by Gasteiger charge is -2.12. The fourth-order valence-electron chi connectivity index (χ4n) is 3.47. The van der Waals surface area contributed by atoms with E-state index in [1.165, 1.54) is 28.0 Å². The quantitative estimate of drug-likeness (QED) is 0.457. The zero-order valence-corrected chi connectivity index (χ0v) is 18.3. The molecule has 0 spiro atoms. The Morgan fingerprint density at radius 2 is 2.00 bits per heavy atom. The van der Waals surface area contributed by atoms with E-state index in [2.05, 4.69) is 20.8 Å². The van der Waals surface area contributed by atoms with Crippen LogP contribution in [0, 0.1) is 0 Å². The van der Waals surface area contributed by atoms with Crippen molar-refractivity contribution in [3.63, 3.8) is 0 Å². The van der Waals surface area contributed by atoms with E-state index in [1.54, 1.807) is 35.9 Å². The normalized spacial score (nSPS) is 13.0. The van der Waals surface area contributed by atoms with E-state index in [-0.39, 0.29) is 11.9 Å². The number of nitrogens with one attached hydrogen (secondary N) is 1. The molecule has 30 heavy (non-hydrogen) atoms. The number of nitrogens with zero attached hydrogens (tertiary/aromatic N) is 4. The van der Waals surface area contributed by atoms with E-state index in [0.717, 1.165) is 36.9 Å². The van der Waals surface area contributed by atoms with Crippen molar-refractivity contribution in [3.05, 3.63) is 45.8 Å². The van der Waals surface area contributed by atoms with Gasteiger partial charge in [0.2, 0.25) is 5.16 Å². The molecule has 4 rings (SSSR count). The second-order valence-corrected chi connectivity index (χ2v) is 8.59. The highest BCUT2D eigenvalue weighted by atomic mass is 32.2. The fourth-order valence-corrected chi connectivity index (χ4v) is 5.18. The summed E-state index contributed by atoms with van der Waals surface area (Å²) in [5.41, 5.74) is 2.79. The highest BCUT2D eigenvalue weighted by Gasteiger charge is 2.27. The molecule has 0 fully saturated rings. The Kier molecular flexibility index (Phi) is 6.14. The van der Waals surface area contributed by atoms with Crippen molar-refractivity contribution in [3.8, 4) is 5.69 Å². The van der Waals surface area contributed by atoms with Gasteiger partial charge >= 0.3 is 5.97 Å². The predicted molar refractivity (Wildman–Crippen MR) is 116 cm³/mol. The van der Waals surface area contributed by atoms with Crippen molar-refractivity contribution in [2.75, 3.05) is 18.2 Å². The number of carbonyl (C=O) groups is 2. The van der Waals surface area contributed by atoms with Crippen LogP contribution in [-0.2, 0) is 17.6 Å². The number of aryl methyl sites for hydroxylation is 1. The van der Waals surface area contributed by atoms with E-state index in [4.69, 9.17) is 4.74 Å². The Balaban J connectivity index is 1.58. The van der Waals surface area contributed by atoms with Gasteiger partial charge in [-0.1, -0.05) is 11.8 Å². The van der Waals surface area contributed by atoms with Gasteiger partial charge in [-0.15, -0.1) is 16.4 Å². The average molecular weight is 444 g/mol. The Hall–Kier alpha value is -2.72. The Morgan fingerprint density at radius 1 is 1.23 bits per heavy atom. The minimum atomic E-state index is -0.370. The van der Waals surface area contributed by atoms with Crippen LogP contribution < -0.4 is 5.32 Å². The van der Waals surface area contributed by atoms with Gasteiger partial charge in [0.25, 0.3) is 5.91 Å². The van der Waals surface area contributed by atoms with Crippen LogP contribution in [0.1, 0.15) is 50.9 Å². The number of rotatable bonds is 6. The van der Waals surface area contributed by atoms with Crippen LogP contribution in [0.3, 0.4) is 0 Å². The number of benzene rings is 1. The third-order valence-electron chi connectivity index (χ3n) is 4.88. The lowest BCUT2D eigenvalue weighted by Crippen LogP contribution is -2.16. The van der Waals surface area contributed by atoms with E-state index in [0.29, 0.717) is 27.9 Å². The Bertz CT molecular complexity index is 1070. The maximum absolute atomic E-state index is 12.9. The number of amides is 1. The highest BCUT2D eigenvalue weighted by molar-refractivity contribution is 7.98. The number of hydrogen-bond donors (Lipinski definition) is 1. The van der Waals surface area contributed by atoms with Crippen LogP contribution >= 0.6 is 23.1 Å². The van der Waals surface area contributed by atoms with Gasteiger partial charge in [-0.2, -0.15) is 4.68 Å². The van der Waals surface area contributed by atoms with Crippen molar-refractivity contribution in [2.45, 2.75) is 37.8 Å². The fraction of sp³-hybridized carbons (Fsp3) is 0.350. The zero-order chi connectivity index (χ0) is 21.1. The van der Waals surface area contributed by atoms with E-state index >= 15 is 0 Å². The van der Waals surface area contributed by atoms with Gasteiger partial charge in [0, 0.05) is 10.4 Å². The molecule has 0 atom stereocenters. The molecule has 0 unspecified atom stereocenters. The lowest BCUT2D eigenvalue weighted by molar-refractivity contribution is 0.0526. The molecule has 1 aliphatic rings. The maximum atomic E-state index is 12.9. The molecule has 0 radical (unpaired) electrons. The molecular formula is C20H21N5O3S2. The molecule has 2 aromatic heterocycles. The second kappa shape index (κ2) is 8.97. The van der Waals surface area contributed by atoms with Crippen molar-refractivity contribution in [1.29, 1.82) is 0 Å². The molecule has 156 valence electrons. The van der Waals surface area contributed by atoms with Gasteiger partial charge in [0.1, 0.15) is 5.00 Å². The molecule has 0 saturated heterocycles. The number of carbonyl (C=O) groups excluding carboxylic acids is 2. The first-order valence-electron chi connectivity index (χ1n) is 9.68. The molecule has 0 saturated carbocycles. The van der Waals surface area contributed by atoms with Crippen LogP contribution in [0.25, 0.3) is 5.69 Å². The van der Waals surface area contributed by atoms with Crippen molar-refractivity contribution < 1.29 is 14.3 Å². The third-order valence-corrected chi connectivity index (χ3v) is 6.70. The predicted octanol–water partition coefficient (Wildman–Crippen LogP) is 3.75. The number of tetrazole rings is 1. The number of fused-ring (bicyclic) bond motifs is 1. The number of hydrogen-bond acceptors (Lipinski definition) is 8. The number of anilines is 1. The van der Waals surface area contributed by atoms with Gasteiger partial charge < -0.3 is 10.1 Å². The smallest absolute Gasteiger partial charge is 0.341 e. The first-order chi connectivity index (χ1) is 14.6. The summed E-state index contributed by atoms with van der Waals surface area (Å²) in [6.07, 6.45) is 5.81. The zero-order valence-electron chi connectivity index (χ0n) is 16.7. The summed E-state index contributed by atoms with van der Waals surface area (Å²) < 4.78 is 6.86. The van der Waals surface area contributed by atoms with E-state index < -0.39 is 0 Å². The summed E-state index contributed by atoms with van der Waals surface area (Å²) >= 11 is 2.91. The van der Waals surface area contributed by atoms with Gasteiger partial charge in [0.05, 0.1) is 17.9 Å². The minimum absolute atomic E-state index is 0.271. The molecule has 1 aromatic carbocycles. The molecule has 1 amide bonds. The molecule has 0 bridgehead atoms. The van der Waals surface area contributed by atoms with Crippen molar-refractivity contribution >= 4 is 40.0 Å². The Labute approximate surface area is 182 Å². The minimum Gasteiger partial charge on any atom is -0.462 e. The maximum Gasteiger partial charge on any atom is 0.341 e. The summed E-state index contributed by atoms with van der Waals surface area (Å²) in [6.45, 7) is 2.08. The third kappa shape index (κ3) is 3.97. The number of esters is 1. The van der Waals surface area contributed by atoms with E-state index in [9.17, 15) is 9.59 Å². The molecule has 10 heteroatoms.